The average molecular weight is 381 g/mol. The third-order valence-corrected chi connectivity index (χ3v) is 3.29. The van der Waals surface area contributed by atoms with Crippen LogP contribution in [0.2, 0.25) is 0 Å². The number of amides is 1. The zero-order valence-electron chi connectivity index (χ0n) is 14.7. The number of anilines is 1. The molecule has 0 saturated carbocycles. The highest BCUT2D eigenvalue weighted by molar-refractivity contribution is 6.02. The normalized spacial score (nSPS) is 11.3. The van der Waals surface area contributed by atoms with Crippen molar-refractivity contribution in [3.63, 3.8) is 0 Å². The number of halogens is 3. The molecule has 2 aromatic carbocycles. The first kappa shape index (κ1) is 20.2. The summed E-state index contributed by atoms with van der Waals surface area (Å²) in [7, 11) is 1.52. The Balaban J connectivity index is 2.11. The van der Waals surface area contributed by atoms with Gasteiger partial charge in [0.2, 0.25) is 5.91 Å². The van der Waals surface area contributed by atoms with Gasteiger partial charge >= 0.3 is 6.36 Å². The van der Waals surface area contributed by atoms with Crippen LogP contribution in [0.5, 0.6) is 17.2 Å². The summed E-state index contributed by atoms with van der Waals surface area (Å²) in [5, 5.41) is 2.36. The summed E-state index contributed by atoms with van der Waals surface area (Å²) >= 11 is 0. The van der Waals surface area contributed by atoms with Crippen molar-refractivity contribution in [2.75, 3.05) is 19.0 Å². The van der Waals surface area contributed by atoms with Crippen LogP contribution in [-0.2, 0) is 4.79 Å². The molecule has 0 spiro atoms. The summed E-state index contributed by atoms with van der Waals surface area (Å²) in [5.74, 6) is -0.0278. The van der Waals surface area contributed by atoms with E-state index in [1.165, 1.54) is 37.5 Å². The molecule has 0 aliphatic rings. The van der Waals surface area contributed by atoms with Gasteiger partial charge in [0.25, 0.3) is 0 Å². The minimum Gasteiger partial charge on any atom is -0.493 e. The zero-order valence-corrected chi connectivity index (χ0v) is 14.7. The molecule has 2 aromatic rings. The Labute approximate surface area is 154 Å². The molecule has 144 valence electrons. The Bertz CT molecular complexity index is 819. The van der Waals surface area contributed by atoms with Crippen molar-refractivity contribution in [3.8, 4) is 17.2 Å². The van der Waals surface area contributed by atoms with Gasteiger partial charge in [-0.05, 0) is 42.8 Å². The van der Waals surface area contributed by atoms with Gasteiger partial charge in [0.15, 0.2) is 17.2 Å². The van der Waals surface area contributed by atoms with Crippen molar-refractivity contribution in [1.82, 2.24) is 0 Å². The van der Waals surface area contributed by atoms with E-state index in [1.807, 2.05) is 6.92 Å². The topological polar surface area (TPSA) is 56.8 Å². The van der Waals surface area contributed by atoms with E-state index in [0.29, 0.717) is 23.7 Å². The summed E-state index contributed by atoms with van der Waals surface area (Å²) in [4.78, 5) is 12.0. The quantitative estimate of drug-likeness (QED) is 0.710. The SMILES string of the molecule is CCOc1cc(/C=C/C(=O)Nc2ccccc2OC(F)(F)F)ccc1OC. The van der Waals surface area contributed by atoms with E-state index < -0.39 is 18.0 Å². The Morgan fingerprint density at radius 1 is 1.11 bits per heavy atom. The predicted octanol–water partition coefficient (Wildman–Crippen LogP) is 4.64. The monoisotopic (exact) mass is 381 g/mol. The molecule has 0 atom stereocenters. The van der Waals surface area contributed by atoms with Gasteiger partial charge in [0.05, 0.1) is 19.4 Å². The van der Waals surface area contributed by atoms with Gasteiger partial charge in [-0.1, -0.05) is 18.2 Å². The van der Waals surface area contributed by atoms with Crippen molar-refractivity contribution in [3.05, 3.63) is 54.1 Å². The first-order valence-electron chi connectivity index (χ1n) is 7.97. The van der Waals surface area contributed by atoms with Crippen LogP contribution < -0.4 is 19.5 Å². The number of para-hydroxylation sites is 2. The van der Waals surface area contributed by atoms with E-state index in [1.54, 1.807) is 18.2 Å². The number of hydrogen-bond acceptors (Lipinski definition) is 4. The minimum atomic E-state index is -4.85. The predicted molar refractivity (Wildman–Crippen MR) is 95.0 cm³/mol. The molecule has 0 saturated heterocycles. The van der Waals surface area contributed by atoms with E-state index in [4.69, 9.17) is 9.47 Å². The van der Waals surface area contributed by atoms with Crippen molar-refractivity contribution in [1.29, 1.82) is 0 Å². The molecule has 0 heterocycles. The Morgan fingerprint density at radius 2 is 1.85 bits per heavy atom. The second-order valence-corrected chi connectivity index (χ2v) is 5.21. The molecule has 0 aliphatic heterocycles. The third kappa shape index (κ3) is 6.25. The van der Waals surface area contributed by atoms with Crippen LogP contribution in [0.4, 0.5) is 18.9 Å². The number of benzene rings is 2. The molecule has 0 radical (unpaired) electrons. The highest BCUT2D eigenvalue weighted by atomic mass is 19.4. The number of alkyl halides is 3. The number of carbonyl (C=O) groups excluding carboxylic acids is 1. The maximum atomic E-state index is 12.4. The van der Waals surface area contributed by atoms with Crippen LogP contribution in [0, 0.1) is 0 Å². The second kappa shape index (κ2) is 8.98. The van der Waals surface area contributed by atoms with Crippen LogP contribution in [0.3, 0.4) is 0 Å². The van der Waals surface area contributed by atoms with Crippen LogP contribution >= 0.6 is 0 Å². The number of methoxy groups -OCH3 is 1. The summed E-state index contributed by atoms with van der Waals surface area (Å²) in [6, 6.07) is 10.4. The van der Waals surface area contributed by atoms with Crippen molar-refractivity contribution >= 4 is 17.7 Å². The van der Waals surface area contributed by atoms with Gasteiger partial charge < -0.3 is 19.5 Å². The number of carbonyl (C=O) groups is 1. The van der Waals surface area contributed by atoms with Gasteiger partial charge in [-0.15, -0.1) is 13.2 Å². The molecule has 8 heteroatoms. The zero-order chi connectivity index (χ0) is 19.9. The summed E-state index contributed by atoms with van der Waals surface area (Å²) in [5.41, 5.74) is 0.573. The summed E-state index contributed by atoms with van der Waals surface area (Å²) < 4.78 is 51.8. The maximum Gasteiger partial charge on any atom is 0.573 e. The Hall–Kier alpha value is -3.16. The molecule has 0 aliphatic carbocycles. The second-order valence-electron chi connectivity index (χ2n) is 5.21. The van der Waals surface area contributed by atoms with Crippen molar-refractivity contribution in [2.24, 2.45) is 0 Å². The molecule has 1 amide bonds. The average Bonchev–Trinajstić information content (AvgIpc) is 2.61. The first-order chi connectivity index (χ1) is 12.8. The molecule has 0 aromatic heterocycles. The lowest BCUT2D eigenvalue weighted by atomic mass is 10.2. The fourth-order valence-electron chi connectivity index (χ4n) is 2.20. The largest absolute Gasteiger partial charge is 0.573 e. The summed E-state index contributed by atoms with van der Waals surface area (Å²) in [6.07, 6.45) is -2.15. The van der Waals surface area contributed by atoms with Crippen LogP contribution in [0.25, 0.3) is 6.08 Å². The van der Waals surface area contributed by atoms with Crippen molar-refractivity contribution in [2.45, 2.75) is 13.3 Å². The lowest BCUT2D eigenvalue weighted by Gasteiger charge is -2.13. The van der Waals surface area contributed by atoms with E-state index >= 15 is 0 Å². The lowest BCUT2D eigenvalue weighted by Crippen LogP contribution is -2.19. The number of ether oxygens (including phenoxy) is 3. The molecule has 5 nitrogen and oxygen atoms in total. The van der Waals surface area contributed by atoms with E-state index in [2.05, 4.69) is 10.1 Å². The van der Waals surface area contributed by atoms with Gasteiger partial charge in [-0.25, -0.2) is 0 Å². The van der Waals surface area contributed by atoms with Crippen LogP contribution in [-0.4, -0.2) is 26.0 Å². The number of hydrogen-bond donors (Lipinski definition) is 1. The molecule has 27 heavy (non-hydrogen) atoms. The van der Waals surface area contributed by atoms with Gasteiger partial charge in [0.1, 0.15) is 0 Å². The highest BCUT2D eigenvalue weighted by Gasteiger charge is 2.32. The maximum absolute atomic E-state index is 12.4. The lowest BCUT2D eigenvalue weighted by molar-refractivity contribution is -0.274. The van der Waals surface area contributed by atoms with Crippen LogP contribution in [0.15, 0.2) is 48.5 Å². The Kier molecular flexibility index (Phi) is 6.70. The first-order valence-corrected chi connectivity index (χ1v) is 7.97. The highest BCUT2D eigenvalue weighted by Crippen LogP contribution is 2.30. The van der Waals surface area contributed by atoms with Crippen LogP contribution in [0.1, 0.15) is 12.5 Å². The molecular weight excluding hydrogens is 363 g/mol. The van der Waals surface area contributed by atoms with Gasteiger partial charge in [0, 0.05) is 6.08 Å². The fraction of sp³-hybridized carbons (Fsp3) is 0.211. The smallest absolute Gasteiger partial charge is 0.493 e. The van der Waals surface area contributed by atoms with Gasteiger partial charge in [-0.3, -0.25) is 4.79 Å². The minimum absolute atomic E-state index is 0.0887. The fourth-order valence-corrected chi connectivity index (χ4v) is 2.20. The third-order valence-electron chi connectivity index (χ3n) is 3.29. The van der Waals surface area contributed by atoms with E-state index in [-0.39, 0.29) is 5.69 Å². The Morgan fingerprint density at radius 3 is 2.52 bits per heavy atom. The molecular formula is C19H18F3NO4. The molecule has 0 bridgehead atoms. The van der Waals surface area contributed by atoms with Gasteiger partial charge in [-0.2, -0.15) is 0 Å². The molecule has 2 rings (SSSR count). The standard InChI is InChI=1S/C19H18F3NO4/c1-3-26-17-12-13(8-10-16(17)25-2)9-11-18(24)23-14-6-4-5-7-15(14)27-19(20,21)22/h4-12H,3H2,1-2H3,(H,23,24)/b11-9+. The van der Waals surface area contributed by atoms with E-state index in [9.17, 15) is 18.0 Å². The molecule has 1 N–H and O–H groups in total. The van der Waals surface area contributed by atoms with E-state index in [0.717, 1.165) is 6.07 Å². The van der Waals surface area contributed by atoms with Crippen molar-refractivity contribution < 1.29 is 32.2 Å². The molecule has 0 fully saturated rings. The molecule has 0 unspecified atom stereocenters. The summed E-state index contributed by atoms with van der Waals surface area (Å²) in [6.45, 7) is 2.27. The number of rotatable bonds is 7. The number of nitrogens with one attached hydrogen (secondary N) is 1.